The average Bonchev–Trinajstić information content (AvgIpc) is 2.64. The Morgan fingerprint density at radius 3 is 2.78 bits per heavy atom. The van der Waals surface area contributed by atoms with Crippen LogP contribution < -0.4 is 10.3 Å². The van der Waals surface area contributed by atoms with Crippen LogP contribution in [0.3, 0.4) is 0 Å². The van der Waals surface area contributed by atoms with Gasteiger partial charge in [-0.2, -0.15) is 0 Å². The lowest BCUT2D eigenvalue weighted by Crippen LogP contribution is -2.35. The summed E-state index contributed by atoms with van der Waals surface area (Å²) in [4.78, 5) is 33.5. The maximum atomic E-state index is 12.5. The van der Waals surface area contributed by atoms with E-state index in [9.17, 15) is 9.59 Å². The molecule has 2 aromatic carbocycles. The van der Waals surface area contributed by atoms with E-state index < -0.39 is 0 Å². The molecule has 1 amide bonds. The summed E-state index contributed by atoms with van der Waals surface area (Å²) in [6.45, 7) is 4.35. The number of fused-ring (bicyclic) bond motifs is 1. The summed E-state index contributed by atoms with van der Waals surface area (Å²) in [7, 11) is 0. The third-order valence-electron chi connectivity index (χ3n) is 4.24. The van der Waals surface area contributed by atoms with Crippen molar-refractivity contribution in [2.75, 3.05) is 13.2 Å². The summed E-state index contributed by atoms with van der Waals surface area (Å²) in [6.07, 6.45) is 0. The maximum Gasteiger partial charge on any atom is 0.260 e. The van der Waals surface area contributed by atoms with Crippen LogP contribution in [0.2, 0.25) is 5.02 Å². The number of carbonyl (C=O) groups is 1. The SMILES string of the molecule is CCN(Cc1nc2cc(Cl)ccc2c(=O)[nH]1)C(=O)COc1ccccc1C. The number of nitrogens with zero attached hydrogens (tertiary/aromatic N) is 2. The molecule has 0 atom stereocenters. The molecule has 0 radical (unpaired) electrons. The number of halogens is 1. The number of likely N-dealkylation sites (N-methyl/N-ethyl adjacent to an activating group) is 1. The van der Waals surface area contributed by atoms with Gasteiger partial charge in [0, 0.05) is 11.6 Å². The molecule has 6 nitrogen and oxygen atoms in total. The summed E-state index contributed by atoms with van der Waals surface area (Å²) in [5.41, 5.74) is 1.21. The molecular weight excluding hydrogens is 366 g/mol. The van der Waals surface area contributed by atoms with Crippen molar-refractivity contribution in [2.24, 2.45) is 0 Å². The lowest BCUT2D eigenvalue weighted by molar-refractivity contribution is -0.133. The van der Waals surface area contributed by atoms with E-state index in [2.05, 4.69) is 9.97 Å². The number of H-pyrrole nitrogens is 1. The van der Waals surface area contributed by atoms with Gasteiger partial charge in [0.1, 0.15) is 11.6 Å². The highest BCUT2D eigenvalue weighted by Gasteiger charge is 2.15. The first kappa shape index (κ1) is 18.9. The van der Waals surface area contributed by atoms with Crippen LogP contribution in [0.1, 0.15) is 18.3 Å². The summed E-state index contributed by atoms with van der Waals surface area (Å²) in [5, 5.41) is 0.960. The Morgan fingerprint density at radius 1 is 1.26 bits per heavy atom. The van der Waals surface area contributed by atoms with Crippen LogP contribution in [-0.4, -0.2) is 33.9 Å². The van der Waals surface area contributed by atoms with Crippen molar-refractivity contribution in [1.29, 1.82) is 0 Å². The lowest BCUT2D eigenvalue weighted by Gasteiger charge is -2.21. The highest BCUT2D eigenvalue weighted by atomic mass is 35.5. The number of hydrogen-bond donors (Lipinski definition) is 1. The van der Waals surface area contributed by atoms with Crippen LogP contribution in [0.5, 0.6) is 5.75 Å². The fourth-order valence-electron chi connectivity index (χ4n) is 2.74. The topological polar surface area (TPSA) is 75.3 Å². The van der Waals surface area contributed by atoms with Gasteiger partial charge >= 0.3 is 0 Å². The first-order valence-corrected chi connectivity index (χ1v) is 9.00. The van der Waals surface area contributed by atoms with Crippen LogP contribution in [0.25, 0.3) is 10.9 Å². The number of aromatic amines is 1. The van der Waals surface area contributed by atoms with E-state index in [1.165, 1.54) is 0 Å². The third kappa shape index (κ3) is 4.46. The average molecular weight is 386 g/mol. The Kier molecular flexibility index (Phi) is 5.76. The van der Waals surface area contributed by atoms with Crippen LogP contribution >= 0.6 is 11.6 Å². The lowest BCUT2D eigenvalue weighted by atomic mass is 10.2. The van der Waals surface area contributed by atoms with Crippen molar-refractivity contribution in [3.05, 3.63) is 69.2 Å². The molecule has 0 saturated carbocycles. The number of hydrogen-bond acceptors (Lipinski definition) is 4. The molecule has 3 aromatic rings. The maximum absolute atomic E-state index is 12.5. The van der Waals surface area contributed by atoms with E-state index in [4.69, 9.17) is 16.3 Å². The fraction of sp³-hybridized carbons (Fsp3) is 0.250. The zero-order valence-electron chi connectivity index (χ0n) is 15.2. The molecule has 0 bridgehead atoms. The van der Waals surface area contributed by atoms with Gasteiger partial charge in [-0.1, -0.05) is 29.8 Å². The van der Waals surface area contributed by atoms with Gasteiger partial charge in [0.25, 0.3) is 11.5 Å². The molecule has 27 heavy (non-hydrogen) atoms. The van der Waals surface area contributed by atoms with E-state index in [0.29, 0.717) is 34.0 Å². The molecule has 1 heterocycles. The van der Waals surface area contributed by atoms with Crippen LogP contribution in [0.4, 0.5) is 0 Å². The molecule has 0 unspecified atom stereocenters. The molecule has 140 valence electrons. The zero-order valence-corrected chi connectivity index (χ0v) is 15.9. The quantitative estimate of drug-likeness (QED) is 0.706. The van der Waals surface area contributed by atoms with Gasteiger partial charge in [-0.3, -0.25) is 9.59 Å². The summed E-state index contributed by atoms with van der Waals surface area (Å²) >= 11 is 5.99. The molecule has 0 fully saturated rings. The fourth-order valence-corrected chi connectivity index (χ4v) is 2.91. The first-order chi connectivity index (χ1) is 13.0. The third-order valence-corrected chi connectivity index (χ3v) is 4.47. The number of nitrogens with one attached hydrogen (secondary N) is 1. The number of carbonyl (C=O) groups excluding carboxylic acids is 1. The second-order valence-corrected chi connectivity index (χ2v) is 6.57. The summed E-state index contributed by atoms with van der Waals surface area (Å²) in [5.74, 6) is 0.893. The number of amides is 1. The van der Waals surface area contributed by atoms with Crippen LogP contribution in [-0.2, 0) is 11.3 Å². The number of rotatable bonds is 6. The van der Waals surface area contributed by atoms with Gasteiger partial charge in [0.05, 0.1) is 17.4 Å². The molecule has 0 saturated heterocycles. The molecule has 0 spiro atoms. The monoisotopic (exact) mass is 385 g/mol. The van der Waals surface area contributed by atoms with Gasteiger partial charge in [-0.05, 0) is 43.7 Å². The second-order valence-electron chi connectivity index (χ2n) is 6.14. The van der Waals surface area contributed by atoms with Gasteiger partial charge < -0.3 is 14.6 Å². The summed E-state index contributed by atoms with van der Waals surface area (Å²) < 4.78 is 5.63. The van der Waals surface area contributed by atoms with E-state index in [1.54, 1.807) is 23.1 Å². The van der Waals surface area contributed by atoms with Crippen molar-refractivity contribution >= 4 is 28.4 Å². The smallest absolute Gasteiger partial charge is 0.260 e. The number of para-hydroxylation sites is 1. The predicted octanol–water partition coefficient (Wildman–Crippen LogP) is 3.31. The van der Waals surface area contributed by atoms with Gasteiger partial charge in [0.2, 0.25) is 0 Å². The second kappa shape index (κ2) is 8.22. The van der Waals surface area contributed by atoms with Gasteiger partial charge in [-0.15, -0.1) is 0 Å². The van der Waals surface area contributed by atoms with E-state index >= 15 is 0 Å². The highest BCUT2D eigenvalue weighted by Crippen LogP contribution is 2.17. The molecule has 0 aliphatic carbocycles. The molecule has 1 aromatic heterocycles. The van der Waals surface area contributed by atoms with Crippen molar-refractivity contribution < 1.29 is 9.53 Å². The molecule has 0 aliphatic heterocycles. The Balaban J connectivity index is 1.74. The van der Waals surface area contributed by atoms with Crippen molar-refractivity contribution in [2.45, 2.75) is 20.4 Å². The predicted molar refractivity (Wildman–Crippen MR) is 105 cm³/mol. The normalized spacial score (nSPS) is 10.8. The molecular formula is C20H20ClN3O3. The number of ether oxygens (including phenoxy) is 1. The molecule has 1 N–H and O–H groups in total. The highest BCUT2D eigenvalue weighted by molar-refractivity contribution is 6.31. The Labute approximate surface area is 161 Å². The minimum Gasteiger partial charge on any atom is -0.484 e. The van der Waals surface area contributed by atoms with E-state index in [0.717, 1.165) is 5.56 Å². The van der Waals surface area contributed by atoms with E-state index in [-0.39, 0.29) is 24.6 Å². The van der Waals surface area contributed by atoms with Gasteiger partial charge in [0.15, 0.2) is 6.61 Å². The van der Waals surface area contributed by atoms with Gasteiger partial charge in [-0.25, -0.2) is 4.98 Å². The van der Waals surface area contributed by atoms with E-state index in [1.807, 2.05) is 38.1 Å². The number of aromatic nitrogens is 2. The Morgan fingerprint density at radius 2 is 2.04 bits per heavy atom. The minimum absolute atomic E-state index is 0.0810. The molecule has 3 rings (SSSR count). The van der Waals surface area contributed by atoms with Crippen LogP contribution in [0.15, 0.2) is 47.3 Å². The summed E-state index contributed by atoms with van der Waals surface area (Å²) in [6, 6.07) is 12.4. The number of aryl methyl sites for hydroxylation is 1. The van der Waals surface area contributed by atoms with Crippen molar-refractivity contribution in [3.8, 4) is 5.75 Å². The Hall–Kier alpha value is -2.86. The van der Waals surface area contributed by atoms with Crippen LogP contribution in [0, 0.1) is 6.92 Å². The van der Waals surface area contributed by atoms with Crippen molar-refractivity contribution in [3.63, 3.8) is 0 Å². The standard InChI is InChI=1S/C20H20ClN3O3/c1-3-24(19(25)12-27-17-7-5-4-6-13(17)2)11-18-22-16-10-14(21)8-9-15(16)20(26)23-18/h4-10H,3,11-12H2,1-2H3,(H,22,23,26). The first-order valence-electron chi connectivity index (χ1n) is 8.62. The number of benzene rings is 2. The Bertz CT molecular complexity index is 1030. The minimum atomic E-state index is -0.258. The molecule has 7 heteroatoms. The van der Waals surface area contributed by atoms with Crippen molar-refractivity contribution in [1.82, 2.24) is 14.9 Å². The largest absolute Gasteiger partial charge is 0.484 e. The molecule has 0 aliphatic rings. The zero-order chi connectivity index (χ0) is 19.4.